The van der Waals surface area contributed by atoms with Crippen LogP contribution in [0.3, 0.4) is 0 Å². The van der Waals surface area contributed by atoms with Crippen molar-refractivity contribution in [1.29, 1.82) is 0 Å². The molecule has 130 valence electrons. The number of ether oxygens (including phenoxy) is 1. The molecule has 7 nitrogen and oxygen atoms in total. The van der Waals surface area contributed by atoms with Gasteiger partial charge in [-0.1, -0.05) is 18.2 Å². The molecule has 0 bridgehead atoms. The Morgan fingerprint density at radius 2 is 1.96 bits per heavy atom. The highest BCUT2D eigenvalue weighted by molar-refractivity contribution is 5.87. The highest BCUT2D eigenvalue weighted by atomic mass is 16.6. The van der Waals surface area contributed by atoms with Crippen LogP contribution in [0.15, 0.2) is 47.6 Å². The number of hydrogen-bond donors (Lipinski definition) is 1. The summed E-state index contributed by atoms with van der Waals surface area (Å²) in [5, 5.41) is 14.7. The number of nitrogens with one attached hydrogen (secondary N) is 1. The van der Waals surface area contributed by atoms with Gasteiger partial charge in [-0.2, -0.15) is 5.10 Å². The summed E-state index contributed by atoms with van der Waals surface area (Å²) in [6.07, 6.45) is 0.476. The molecule has 1 atom stereocenters. The van der Waals surface area contributed by atoms with Crippen molar-refractivity contribution in [3.8, 4) is 5.75 Å². The van der Waals surface area contributed by atoms with Gasteiger partial charge < -0.3 is 4.74 Å². The third kappa shape index (κ3) is 4.87. The molecule has 1 amide bonds. The molecule has 0 aliphatic heterocycles. The van der Waals surface area contributed by atoms with Crippen LogP contribution in [-0.4, -0.2) is 23.1 Å². The normalized spacial score (nSPS) is 12.0. The van der Waals surface area contributed by atoms with Gasteiger partial charge in [-0.25, -0.2) is 5.43 Å². The smallest absolute Gasteiger partial charge is 0.280 e. The maximum atomic E-state index is 12.0. The number of benzene rings is 2. The lowest BCUT2D eigenvalue weighted by Crippen LogP contribution is -2.33. The van der Waals surface area contributed by atoms with E-state index in [0.717, 1.165) is 11.1 Å². The van der Waals surface area contributed by atoms with Crippen molar-refractivity contribution in [3.05, 3.63) is 69.3 Å². The average molecular weight is 341 g/mol. The van der Waals surface area contributed by atoms with Gasteiger partial charge in [0, 0.05) is 6.07 Å². The Labute approximate surface area is 145 Å². The number of carbonyl (C=O) groups excluding carboxylic acids is 1. The van der Waals surface area contributed by atoms with Gasteiger partial charge in [0.1, 0.15) is 5.75 Å². The highest BCUT2D eigenvalue weighted by Crippen LogP contribution is 2.18. The molecule has 2 rings (SSSR count). The SMILES string of the molecule is Cc1ccc(OC(C)C(=O)N/N=C/c2ccccc2[N+](=O)[O-])cc1C. The quantitative estimate of drug-likeness (QED) is 0.496. The Morgan fingerprint density at radius 3 is 2.64 bits per heavy atom. The fraction of sp³-hybridized carbons (Fsp3) is 0.222. The van der Waals surface area contributed by atoms with E-state index < -0.39 is 16.9 Å². The molecular weight excluding hydrogens is 322 g/mol. The number of carbonyl (C=O) groups is 1. The van der Waals surface area contributed by atoms with E-state index in [4.69, 9.17) is 4.74 Å². The van der Waals surface area contributed by atoms with Gasteiger partial charge in [-0.05, 0) is 50.1 Å². The van der Waals surface area contributed by atoms with Crippen LogP contribution in [0, 0.1) is 24.0 Å². The van der Waals surface area contributed by atoms with Crippen molar-refractivity contribution in [1.82, 2.24) is 5.43 Å². The molecule has 0 spiro atoms. The molecule has 1 unspecified atom stereocenters. The molecule has 0 radical (unpaired) electrons. The molecule has 1 N–H and O–H groups in total. The summed E-state index contributed by atoms with van der Waals surface area (Å²) in [4.78, 5) is 22.4. The number of aryl methyl sites for hydroxylation is 2. The van der Waals surface area contributed by atoms with E-state index in [-0.39, 0.29) is 5.69 Å². The molecule has 0 fully saturated rings. The van der Waals surface area contributed by atoms with Crippen molar-refractivity contribution in [2.75, 3.05) is 0 Å². The molecule has 0 aliphatic carbocycles. The van der Waals surface area contributed by atoms with Crippen molar-refractivity contribution in [2.45, 2.75) is 26.9 Å². The first-order valence-electron chi connectivity index (χ1n) is 7.68. The maximum absolute atomic E-state index is 12.0. The van der Waals surface area contributed by atoms with Crippen molar-refractivity contribution in [3.63, 3.8) is 0 Å². The molecule has 0 saturated carbocycles. The Kier molecular flexibility index (Phi) is 5.84. The Balaban J connectivity index is 1.97. The summed E-state index contributed by atoms with van der Waals surface area (Å²) in [7, 11) is 0. The van der Waals surface area contributed by atoms with Crippen molar-refractivity contribution < 1.29 is 14.5 Å². The third-order valence-electron chi connectivity index (χ3n) is 3.67. The van der Waals surface area contributed by atoms with Crippen LogP contribution in [0.1, 0.15) is 23.6 Å². The molecule has 0 aliphatic rings. The zero-order chi connectivity index (χ0) is 18.4. The third-order valence-corrected chi connectivity index (χ3v) is 3.67. The second-order valence-corrected chi connectivity index (χ2v) is 5.56. The Morgan fingerprint density at radius 1 is 1.24 bits per heavy atom. The molecular formula is C18H19N3O4. The largest absolute Gasteiger partial charge is 0.481 e. The predicted octanol–water partition coefficient (Wildman–Crippen LogP) is 3.13. The number of hydrogen-bond acceptors (Lipinski definition) is 5. The summed E-state index contributed by atoms with van der Waals surface area (Å²) in [5.74, 6) is 0.140. The van der Waals surface area contributed by atoms with E-state index in [1.165, 1.54) is 12.3 Å². The zero-order valence-electron chi connectivity index (χ0n) is 14.2. The summed E-state index contributed by atoms with van der Waals surface area (Å²) in [6, 6.07) is 11.7. The molecule has 2 aromatic rings. The first-order chi connectivity index (χ1) is 11.9. The number of amides is 1. The van der Waals surface area contributed by atoms with Crippen molar-refractivity contribution >= 4 is 17.8 Å². The predicted molar refractivity (Wildman–Crippen MR) is 94.8 cm³/mol. The first kappa shape index (κ1) is 18.1. The van der Waals surface area contributed by atoms with Crippen LogP contribution in [0.2, 0.25) is 0 Å². The molecule has 2 aromatic carbocycles. The fourth-order valence-electron chi connectivity index (χ4n) is 2.06. The van der Waals surface area contributed by atoms with Gasteiger partial charge in [0.2, 0.25) is 0 Å². The lowest BCUT2D eigenvalue weighted by Gasteiger charge is -2.14. The molecule has 7 heteroatoms. The van der Waals surface area contributed by atoms with E-state index in [9.17, 15) is 14.9 Å². The van der Waals surface area contributed by atoms with Gasteiger partial charge in [-0.15, -0.1) is 0 Å². The van der Waals surface area contributed by atoms with Crippen LogP contribution in [0.25, 0.3) is 0 Å². The minimum absolute atomic E-state index is 0.0834. The van der Waals surface area contributed by atoms with Gasteiger partial charge in [0.15, 0.2) is 6.10 Å². The number of nitrogens with zero attached hydrogens (tertiary/aromatic N) is 2. The van der Waals surface area contributed by atoms with E-state index in [2.05, 4.69) is 10.5 Å². The number of nitro benzene ring substituents is 1. The van der Waals surface area contributed by atoms with E-state index in [0.29, 0.717) is 11.3 Å². The van der Waals surface area contributed by atoms with Crippen LogP contribution in [0.5, 0.6) is 5.75 Å². The monoisotopic (exact) mass is 341 g/mol. The minimum Gasteiger partial charge on any atom is -0.481 e. The maximum Gasteiger partial charge on any atom is 0.280 e. The average Bonchev–Trinajstić information content (AvgIpc) is 2.58. The van der Waals surface area contributed by atoms with E-state index in [1.54, 1.807) is 31.2 Å². The van der Waals surface area contributed by atoms with Gasteiger partial charge in [-0.3, -0.25) is 14.9 Å². The van der Waals surface area contributed by atoms with Gasteiger partial charge in [0.25, 0.3) is 11.6 Å². The number of nitro groups is 1. The van der Waals surface area contributed by atoms with E-state index >= 15 is 0 Å². The van der Waals surface area contributed by atoms with Crippen LogP contribution < -0.4 is 10.2 Å². The Bertz CT molecular complexity index is 818. The lowest BCUT2D eigenvalue weighted by molar-refractivity contribution is -0.385. The summed E-state index contributed by atoms with van der Waals surface area (Å²) < 4.78 is 5.58. The van der Waals surface area contributed by atoms with E-state index in [1.807, 2.05) is 26.0 Å². The minimum atomic E-state index is -0.759. The fourth-order valence-corrected chi connectivity index (χ4v) is 2.06. The van der Waals surface area contributed by atoms with Crippen LogP contribution >= 0.6 is 0 Å². The topological polar surface area (TPSA) is 93.8 Å². The Hall–Kier alpha value is -3.22. The van der Waals surface area contributed by atoms with Crippen LogP contribution in [0.4, 0.5) is 5.69 Å². The van der Waals surface area contributed by atoms with Gasteiger partial charge >= 0.3 is 0 Å². The standard InChI is InChI=1S/C18H19N3O4/c1-12-8-9-16(10-13(12)2)25-14(3)18(22)20-19-11-15-6-4-5-7-17(15)21(23)24/h4-11,14H,1-3H3,(H,20,22)/b19-11+. The first-order valence-corrected chi connectivity index (χ1v) is 7.68. The number of para-hydroxylation sites is 1. The number of rotatable bonds is 6. The second-order valence-electron chi connectivity index (χ2n) is 5.56. The zero-order valence-corrected chi connectivity index (χ0v) is 14.2. The molecule has 0 aromatic heterocycles. The molecule has 25 heavy (non-hydrogen) atoms. The van der Waals surface area contributed by atoms with Crippen LogP contribution in [-0.2, 0) is 4.79 Å². The van der Waals surface area contributed by atoms with Gasteiger partial charge in [0.05, 0.1) is 16.7 Å². The summed E-state index contributed by atoms with van der Waals surface area (Å²) in [6.45, 7) is 5.56. The number of hydrazone groups is 1. The highest BCUT2D eigenvalue weighted by Gasteiger charge is 2.15. The lowest BCUT2D eigenvalue weighted by atomic mass is 10.1. The second kappa shape index (κ2) is 8.05. The summed E-state index contributed by atoms with van der Waals surface area (Å²) in [5.41, 5.74) is 4.75. The molecule has 0 heterocycles. The van der Waals surface area contributed by atoms with Crippen molar-refractivity contribution in [2.24, 2.45) is 5.10 Å². The summed E-state index contributed by atoms with van der Waals surface area (Å²) >= 11 is 0. The molecule has 0 saturated heterocycles.